The second-order valence-corrected chi connectivity index (χ2v) is 5.50. The summed E-state index contributed by atoms with van der Waals surface area (Å²) in [7, 11) is 2.22. The molecule has 0 radical (unpaired) electrons. The van der Waals surface area contributed by atoms with Crippen LogP contribution in [0.15, 0.2) is 36.4 Å². The van der Waals surface area contributed by atoms with E-state index in [2.05, 4.69) is 62.2 Å². The Hall–Kier alpha value is -1.24. The van der Waals surface area contributed by atoms with Crippen LogP contribution in [0, 0.1) is 5.41 Å². The maximum atomic E-state index is 2.48. The summed E-state index contributed by atoms with van der Waals surface area (Å²) in [4.78, 5) is 2.41. The molecule has 98 valence electrons. The number of hydrogen-bond acceptors (Lipinski definition) is 1. The topological polar surface area (TPSA) is 3.24 Å². The fraction of sp³-hybridized carbons (Fsp3) is 0.529. The Morgan fingerprint density at radius 3 is 2.78 bits per heavy atom. The molecule has 18 heavy (non-hydrogen) atoms. The molecule has 1 aromatic rings. The van der Waals surface area contributed by atoms with E-state index < -0.39 is 0 Å². The highest BCUT2D eigenvalue weighted by Crippen LogP contribution is 2.39. The van der Waals surface area contributed by atoms with Gasteiger partial charge in [-0.15, -0.1) is 0 Å². The van der Waals surface area contributed by atoms with Gasteiger partial charge >= 0.3 is 0 Å². The summed E-state index contributed by atoms with van der Waals surface area (Å²) >= 11 is 0. The van der Waals surface area contributed by atoms with E-state index in [1.165, 1.54) is 30.5 Å². The Morgan fingerprint density at radius 2 is 2.06 bits per heavy atom. The van der Waals surface area contributed by atoms with E-state index >= 15 is 0 Å². The van der Waals surface area contributed by atoms with Crippen LogP contribution in [0.1, 0.15) is 38.7 Å². The smallest absolute Gasteiger partial charge is 0.0396 e. The summed E-state index contributed by atoms with van der Waals surface area (Å²) in [6.07, 6.45) is 9.62. The molecule has 1 heteroatoms. The maximum Gasteiger partial charge on any atom is 0.0396 e. The average molecular weight is 243 g/mol. The van der Waals surface area contributed by atoms with E-state index in [0.29, 0.717) is 5.41 Å². The summed E-state index contributed by atoms with van der Waals surface area (Å²) in [6.45, 7) is 5.70. The number of anilines is 1. The SMILES string of the molecule is CC/C=C\C1(CC)CCN(C)c2ccccc2C1. The lowest BCUT2D eigenvalue weighted by atomic mass is 9.76. The van der Waals surface area contributed by atoms with Crippen LogP contribution in [-0.4, -0.2) is 13.6 Å². The minimum Gasteiger partial charge on any atom is -0.374 e. The maximum absolute atomic E-state index is 2.48. The standard InChI is InChI=1S/C17H25N/c1-4-6-11-17(5-2)12-13-18(3)16-10-8-7-9-15(16)14-17/h6-11H,4-5,12-14H2,1-3H3/b11-6-. The van der Waals surface area contributed by atoms with Crippen molar-refractivity contribution >= 4 is 5.69 Å². The summed E-state index contributed by atoms with van der Waals surface area (Å²) in [5.74, 6) is 0. The van der Waals surface area contributed by atoms with Crippen LogP contribution in [0.5, 0.6) is 0 Å². The second-order valence-electron chi connectivity index (χ2n) is 5.50. The van der Waals surface area contributed by atoms with Gasteiger partial charge in [0.1, 0.15) is 0 Å². The van der Waals surface area contributed by atoms with Crippen molar-refractivity contribution in [2.45, 2.75) is 39.5 Å². The number of rotatable bonds is 3. The lowest BCUT2D eigenvalue weighted by molar-refractivity contribution is 0.345. The number of hydrogen-bond donors (Lipinski definition) is 0. The van der Waals surface area contributed by atoms with Gasteiger partial charge in [0.15, 0.2) is 0 Å². The van der Waals surface area contributed by atoms with E-state index in [-0.39, 0.29) is 0 Å². The Kier molecular flexibility index (Phi) is 4.11. The largest absolute Gasteiger partial charge is 0.374 e. The first kappa shape index (κ1) is 13.2. The van der Waals surface area contributed by atoms with Gasteiger partial charge in [0.2, 0.25) is 0 Å². The van der Waals surface area contributed by atoms with Gasteiger partial charge in [-0.3, -0.25) is 0 Å². The molecular formula is C17H25N. The monoisotopic (exact) mass is 243 g/mol. The molecule has 0 amide bonds. The first-order chi connectivity index (χ1) is 8.71. The summed E-state index contributed by atoms with van der Waals surface area (Å²) in [5.41, 5.74) is 3.27. The summed E-state index contributed by atoms with van der Waals surface area (Å²) < 4.78 is 0. The van der Waals surface area contributed by atoms with Gasteiger partial charge in [-0.05, 0) is 42.7 Å². The lowest BCUT2D eigenvalue weighted by Gasteiger charge is -2.28. The molecule has 0 saturated carbocycles. The number of benzene rings is 1. The normalized spacial score (nSPS) is 24.1. The minimum atomic E-state index is 0.358. The molecule has 1 aliphatic rings. The van der Waals surface area contributed by atoms with E-state index in [0.717, 1.165) is 13.0 Å². The zero-order valence-corrected chi connectivity index (χ0v) is 11.9. The van der Waals surface area contributed by atoms with Crippen LogP contribution < -0.4 is 4.90 Å². The minimum absolute atomic E-state index is 0.358. The lowest BCUT2D eigenvalue weighted by Crippen LogP contribution is -2.24. The van der Waals surface area contributed by atoms with Crippen molar-refractivity contribution in [3.05, 3.63) is 42.0 Å². The Morgan fingerprint density at radius 1 is 1.28 bits per heavy atom. The van der Waals surface area contributed by atoms with Crippen LogP contribution in [-0.2, 0) is 6.42 Å². The van der Waals surface area contributed by atoms with Crippen LogP contribution in [0.4, 0.5) is 5.69 Å². The molecule has 0 aliphatic carbocycles. The molecule has 0 bridgehead atoms. The number of para-hydroxylation sites is 1. The van der Waals surface area contributed by atoms with Crippen LogP contribution in [0.2, 0.25) is 0 Å². The molecule has 1 atom stereocenters. The van der Waals surface area contributed by atoms with E-state index in [1.54, 1.807) is 0 Å². The van der Waals surface area contributed by atoms with Crippen LogP contribution in [0.25, 0.3) is 0 Å². The van der Waals surface area contributed by atoms with Crippen molar-refractivity contribution in [3.8, 4) is 0 Å². The number of fused-ring (bicyclic) bond motifs is 1. The molecule has 1 aliphatic heterocycles. The third-order valence-corrected chi connectivity index (χ3v) is 4.30. The second kappa shape index (κ2) is 5.60. The van der Waals surface area contributed by atoms with Gasteiger partial charge in [0.25, 0.3) is 0 Å². The van der Waals surface area contributed by atoms with Gasteiger partial charge in [0, 0.05) is 19.3 Å². The third kappa shape index (κ3) is 2.60. The van der Waals surface area contributed by atoms with Crippen molar-refractivity contribution in [2.75, 3.05) is 18.5 Å². The van der Waals surface area contributed by atoms with Crippen molar-refractivity contribution in [1.82, 2.24) is 0 Å². The van der Waals surface area contributed by atoms with Gasteiger partial charge < -0.3 is 4.90 Å². The van der Waals surface area contributed by atoms with Crippen LogP contribution in [0.3, 0.4) is 0 Å². The zero-order chi connectivity index (χ0) is 13.0. The summed E-state index contributed by atoms with van der Waals surface area (Å²) in [5, 5.41) is 0. The molecule has 1 unspecified atom stereocenters. The Bertz CT molecular complexity index is 421. The molecule has 0 aromatic heterocycles. The number of nitrogens with zero attached hydrogens (tertiary/aromatic N) is 1. The number of allylic oxidation sites excluding steroid dienone is 2. The predicted octanol–water partition coefficient (Wildman–Crippen LogP) is 4.43. The highest BCUT2D eigenvalue weighted by Gasteiger charge is 2.29. The first-order valence-electron chi connectivity index (χ1n) is 7.17. The molecule has 1 aromatic carbocycles. The summed E-state index contributed by atoms with van der Waals surface area (Å²) in [6, 6.07) is 8.87. The molecule has 1 nitrogen and oxygen atoms in total. The van der Waals surface area contributed by atoms with E-state index in [9.17, 15) is 0 Å². The molecule has 0 spiro atoms. The third-order valence-electron chi connectivity index (χ3n) is 4.30. The van der Waals surface area contributed by atoms with Crippen molar-refractivity contribution in [1.29, 1.82) is 0 Å². The average Bonchev–Trinajstić information content (AvgIpc) is 2.55. The van der Waals surface area contributed by atoms with E-state index in [4.69, 9.17) is 0 Å². The molecule has 0 fully saturated rings. The molecule has 0 N–H and O–H groups in total. The van der Waals surface area contributed by atoms with Crippen LogP contribution >= 0.6 is 0 Å². The highest BCUT2D eigenvalue weighted by atomic mass is 15.1. The van der Waals surface area contributed by atoms with E-state index in [1.807, 2.05) is 0 Å². The van der Waals surface area contributed by atoms with Crippen molar-refractivity contribution < 1.29 is 0 Å². The predicted molar refractivity (Wildman–Crippen MR) is 80.2 cm³/mol. The fourth-order valence-electron chi connectivity index (χ4n) is 2.94. The van der Waals surface area contributed by atoms with Gasteiger partial charge in [-0.25, -0.2) is 0 Å². The Balaban J connectivity index is 2.35. The molecule has 0 saturated heterocycles. The quantitative estimate of drug-likeness (QED) is 0.710. The first-order valence-corrected chi connectivity index (χ1v) is 7.17. The van der Waals surface area contributed by atoms with Gasteiger partial charge in [0.05, 0.1) is 0 Å². The fourth-order valence-corrected chi connectivity index (χ4v) is 2.94. The van der Waals surface area contributed by atoms with Crippen molar-refractivity contribution in [2.24, 2.45) is 5.41 Å². The van der Waals surface area contributed by atoms with Crippen molar-refractivity contribution in [3.63, 3.8) is 0 Å². The molecule has 2 rings (SSSR count). The van der Waals surface area contributed by atoms with Gasteiger partial charge in [-0.1, -0.05) is 44.2 Å². The molecular weight excluding hydrogens is 218 g/mol. The van der Waals surface area contributed by atoms with Gasteiger partial charge in [-0.2, -0.15) is 0 Å². The highest BCUT2D eigenvalue weighted by molar-refractivity contribution is 5.54. The molecule has 1 heterocycles. The zero-order valence-electron chi connectivity index (χ0n) is 11.9. The Labute approximate surface area is 112 Å².